The van der Waals surface area contributed by atoms with Crippen LogP contribution in [0.5, 0.6) is 11.5 Å². The van der Waals surface area contributed by atoms with Crippen molar-refractivity contribution < 1.29 is 19.4 Å². The summed E-state index contributed by atoms with van der Waals surface area (Å²) in [7, 11) is 0. The molecule has 4 rings (SSSR count). The molecule has 1 N–H and O–H groups in total. The lowest BCUT2D eigenvalue weighted by Gasteiger charge is -2.42. The highest BCUT2D eigenvalue weighted by Crippen LogP contribution is 2.46. The van der Waals surface area contributed by atoms with Crippen molar-refractivity contribution in [3.05, 3.63) is 83.4 Å². The fraction of sp³-hybridized carbons (Fsp3) is 0.321. The monoisotopic (exact) mass is 430 g/mol. The van der Waals surface area contributed by atoms with Gasteiger partial charge in [-0.05, 0) is 52.5 Å². The molecule has 0 saturated carbocycles. The normalized spacial score (nSPS) is 16.1. The maximum absolute atomic E-state index is 11.1. The number of rotatable bonds is 5. The molecule has 0 amide bonds. The van der Waals surface area contributed by atoms with Gasteiger partial charge in [-0.25, -0.2) is 4.79 Å². The second-order valence-electron chi connectivity index (χ2n) is 9.80. The zero-order valence-corrected chi connectivity index (χ0v) is 19.1. The van der Waals surface area contributed by atoms with Gasteiger partial charge in [-0.15, -0.1) is 0 Å². The number of carboxylic acid groups (broad SMARTS) is 1. The van der Waals surface area contributed by atoms with E-state index in [-0.39, 0.29) is 16.6 Å². The average molecular weight is 431 g/mol. The van der Waals surface area contributed by atoms with Crippen molar-refractivity contribution in [2.45, 2.75) is 58.0 Å². The minimum atomic E-state index is -1.34. The molecule has 4 heteroatoms. The van der Waals surface area contributed by atoms with Crippen LogP contribution in [0.3, 0.4) is 0 Å². The van der Waals surface area contributed by atoms with Gasteiger partial charge in [-0.2, -0.15) is 0 Å². The summed E-state index contributed by atoms with van der Waals surface area (Å²) in [6, 6.07) is 21.4. The average Bonchev–Trinajstić information content (AvgIpc) is 2.76. The Bertz CT molecular complexity index is 1140. The van der Waals surface area contributed by atoms with E-state index in [2.05, 4.69) is 45.9 Å². The van der Waals surface area contributed by atoms with E-state index in [0.717, 1.165) is 11.1 Å². The summed E-state index contributed by atoms with van der Waals surface area (Å²) in [5.74, 6) is 0.972. The lowest BCUT2D eigenvalue weighted by atomic mass is 9.63. The fourth-order valence-corrected chi connectivity index (χ4v) is 4.57. The lowest BCUT2D eigenvalue weighted by molar-refractivity contribution is 0.144. The minimum Gasteiger partial charge on any atom is -0.488 e. The Labute approximate surface area is 189 Å². The van der Waals surface area contributed by atoms with E-state index < -0.39 is 6.16 Å². The number of benzene rings is 3. The summed E-state index contributed by atoms with van der Waals surface area (Å²) >= 11 is 0. The Morgan fingerprint density at radius 1 is 0.812 bits per heavy atom. The number of hydrogen-bond donors (Lipinski definition) is 1. The van der Waals surface area contributed by atoms with Crippen LogP contribution in [-0.4, -0.2) is 11.3 Å². The molecule has 0 aromatic heterocycles. The number of fused-ring (bicyclic) bond motifs is 1. The van der Waals surface area contributed by atoms with Crippen molar-refractivity contribution in [1.29, 1.82) is 0 Å². The Morgan fingerprint density at radius 2 is 1.38 bits per heavy atom. The van der Waals surface area contributed by atoms with Crippen LogP contribution < -0.4 is 9.47 Å². The predicted octanol–water partition coefficient (Wildman–Crippen LogP) is 7.34. The fourth-order valence-electron chi connectivity index (χ4n) is 4.57. The van der Waals surface area contributed by atoms with Crippen LogP contribution in [0.25, 0.3) is 11.1 Å². The van der Waals surface area contributed by atoms with E-state index in [4.69, 9.17) is 14.6 Å². The van der Waals surface area contributed by atoms with Crippen LogP contribution in [0.2, 0.25) is 0 Å². The third-order valence-electron chi connectivity index (χ3n) is 6.57. The standard InChI is InChI=1S/C28H30O4/c1-27(2)15-16-28(3,4)23-17-19(13-14-22(23)27)18-31-24-11-7-5-9-20(24)21-10-6-8-12-25(21)32-26(29)30/h5-14,17H,15-16,18H2,1-4H3,(H,29,30). The molecule has 0 spiro atoms. The summed E-state index contributed by atoms with van der Waals surface area (Å²) in [4.78, 5) is 11.1. The predicted molar refractivity (Wildman–Crippen MR) is 127 cm³/mol. The van der Waals surface area contributed by atoms with Crippen molar-refractivity contribution in [1.82, 2.24) is 0 Å². The van der Waals surface area contributed by atoms with E-state index in [9.17, 15) is 4.79 Å². The molecule has 0 saturated heterocycles. The lowest BCUT2D eigenvalue weighted by Crippen LogP contribution is -2.33. The van der Waals surface area contributed by atoms with Crippen LogP contribution in [-0.2, 0) is 17.4 Å². The molecule has 1 aliphatic rings. The molecule has 0 unspecified atom stereocenters. The molecule has 0 atom stereocenters. The van der Waals surface area contributed by atoms with Gasteiger partial charge in [-0.1, -0.05) is 82.3 Å². The second kappa shape index (κ2) is 8.34. The van der Waals surface area contributed by atoms with Gasteiger partial charge in [0.1, 0.15) is 18.1 Å². The molecule has 0 heterocycles. The molecule has 0 aliphatic heterocycles. The van der Waals surface area contributed by atoms with Crippen molar-refractivity contribution in [2.24, 2.45) is 0 Å². The Kier molecular flexibility index (Phi) is 5.72. The van der Waals surface area contributed by atoms with E-state index in [1.54, 1.807) is 12.1 Å². The third-order valence-corrected chi connectivity index (χ3v) is 6.57. The van der Waals surface area contributed by atoms with Gasteiger partial charge in [0.25, 0.3) is 0 Å². The van der Waals surface area contributed by atoms with E-state index in [1.165, 1.54) is 24.0 Å². The third kappa shape index (κ3) is 4.36. The van der Waals surface area contributed by atoms with Gasteiger partial charge in [0, 0.05) is 11.1 Å². The zero-order valence-electron chi connectivity index (χ0n) is 19.1. The van der Waals surface area contributed by atoms with Crippen LogP contribution in [0.4, 0.5) is 4.79 Å². The van der Waals surface area contributed by atoms with Gasteiger partial charge < -0.3 is 14.6 Å². The Hall–Kier alpha value is -3.27. The van der Waals surface area contributed by atoms with Crippen LogP contribution in [0, 0.1) is 0 Å². The highest BCUT2D eigenvalue weighted by Gasteiger charge is 2.36. The van der Waals surface area contributed by atoms with Gasteiger partial charge in [0.05, 0.1) is 0 Å². The Morgan fingerprint density at radius 3 is 2.03 bits per heavy atom. The van der Waals surface area contributed by atoms with Gasteiger partial charge in [-0.3, -0.25) is 0 Å². The summed E-state index contributed by atoms with van der Waals surface area (Å²) < 4.78 is 11.2. The summed E-state index contributed by atoms with van der Waals surface area (Å²) in [6.45, 7) is 9.72. The zero-order chi connectivity index (χ0) is 22.9. The molecule has 4 nitrogen and oxygen atoms in total. The second-order valence-corrected chi connectivity index (χ2v) is 9.80. The highest BCUT2D eigenvalue weighted by atomic mass is 16.7. The SMILES string of the molecule is CC1(C)CCC(C)(C)c2cc(COc3ccccc3-c3ccccc3OC(=O)O)ccc21. The first-order valence-corrected chi connectivity index (χ1v) is 11.0. The molecule has 3 aromatic carbocycles. The van der Waals surface area contributed by atoms with Crippen molar-refractivity contribution in [3.63, 3.8) is 0 Å². The molecule has 1 aliphatic carbocycles. The van der Waals surface area contributed by atoms with Gasteiger partial charge in [0.15, 0.2) is 0 Å². The van der Waals surface area contributed by atoms with E-state index in [0.29, 0.717) is 17.9 Å². The van der Waals surface area contributed by atoms with Gasteiger partial charge in [0.2, 0.25) is 0 Å². The number of carbonyl (C=O) groups is 1. The number of para-hydroxylation sites is 2. The number of ether oxygens (including phenoxy) is 2. The smallest absolute Gasteiger partial charge is 0.488 e. The molecule has 0 bridgehead atoms. The van der Waals surface area contributed by atoms with Crippen molar-refractivity contribution in [3.8, 4) is 22.6 Å². The quantitative estimate of drug-likeness (QED) is 0.340. The molecular formula is C28H30O4. The van der Waals surface area contributed by atoms with Gasteiger partial charge >= 0.3 is 6.16 Å². The molecule has 0 radical (unpaired) electrons. The molecule has 166 valence electrons. The van der Waals surface area contributed by atoms with E-state index >= 15 is 0 Å². The van der Waals surface area contributed by atoms with Crippen LogP contribution in [0.1, 0.15) is 57.2 Å². The summed E-state index contributed by atoms with van der Waals surface area (Å²) in [5.41, 5.74) is 5.76. The summed E-state index contributed by atoms with van der Waals surface area (Å²) in [6.07, 6.45) is 1.02. The van der Waals surface area contributed by atoms with Crippen molar-refractivity contribution in [2.75, 3.05) is 0 Å². The maximum atomic E-state index is 11.1. The first kappa shape index (κ1) is 21.9. The maximum Gasteiger partial charge on any atom is 0.511 e. The summed E-state index contributed by atoms with van der Waals surface area (Å²) in [5, 5.41) is 9.08. The van der Waals surface area contributed by atoms with Crippen LogP contribution in [0.15, 0.2) is 66.7 Å². The molecule has 0 fully saturated rings. The topological polar surface area (TPSA) is 55.8 Å². The number of hydrogen-bond acceptors (Lipinski definition) is 3. The highest BCUT2D eigenvalue weighted by molar-refractivity contribution is 5.78. The largest absolute Gasteiger partial charge is 0.511 e. The molecular weight excluding hydrogens is 400 g/mol. The van der Waals surface area contributed by atoms with Crippen molar-refractivity contribution >= 4 is 6.16 Å². The first-order chi connectivity index (χ1) is 15.2. The minimum absolute atomic E-state index is 0.145. The molecule has 3 aromatic rings. The van der Waals surface area contributed by atoms with Crippen LogP contribution >= 0.6 is 0 Å². The van der Waals surface area contributed by atoms with E-state index in [1.807, 2.05) is 36.4 Å². The first-order valence-electron chi connectivity index (χ1n) is 11.0. The molecule has 32 heavy (non-hydrogen) atoms. The Balaban J connectivity index is 1.63.